The lowest BCUT2D eigenvalue weighted by atomic mass is 9.88. The Balaban J connectivity index is 3.75. The minimum atomic E-state index is 0.189. The summed E-state index contributed by atoms with van der Waals surface area (Å²) < 4.78 is 0. The molecule has 1 nitrogen and oxygen atoms in total. The van der Waals surface area contributed by atoms with Gasteiger partial charge in [0.25, 0.3) is 0 Å². The Bertz CT molecular complexity index is 129. The van der Waals surface area contributed by atoms with E-state index < -0.39 is 0 Å². The van der Waals surface area contributed by atoms with Crippen molar-refractivity contribution in [2.24, 2.45) is 11.8 Å². The Hall–Kier alpha value is -0.590. The van der Waals surface area contributed by atoms with Crippen molar-refractivity contribution in [3.05, 3.63) is 12.7 Å². The van der Waals surface area contributed by atoms with Crippen LogP contribution >= 0.6 is 0 Å². The largest absolute Gasteiger partial charge is 0.303 e. The van der Waals surface area contributed by atoms with E-state index in [9.17, 15) is 4.79 Å². The van der Waals surface area contributed by atoms with Crippen molar-refractivity contribution in [1.82, 2.24) is 0 Å². The second kappa shape index (κ2) is 7.08. The fourth-order valence-corrected chi connectivity index (χ4v) is 1.35. The lowest BCUT2D eigenvalue weighted by molar-refractivity contribution is -0.112. The molecule has 0 radical (unpaired) electrons. The van der Waals surface area contributed by atoms with E-state index in [1.54, 1.807) is 0 Å². The summed E-state index contributed by atoms with van der Waals surface area (Å²) >= 11 is 0. The van der Waals surface area contributed by atoms with Gasteiger partial charge in [-0.05, 0) is 12.3 Å². The first kappa shape index (κ1) is 11.4. The normalized spacial score (nSPS) is 15.2. The van der Waals surface area contributed by atoms with E-state index in [4.69, 9.17) is 0 Å². The van der Waals surface area contributed by atoms with Crippen LogP contribution in [0.1, 0.15) is 39.5 Å². The quantitative estimate of drug-likeness (QED) is 0.421. The van der Waals surface area contributed by atoms with Crippen LogP contribution in [-0.4, -0.2) is 6.29 Å². The van der Waals surface area contributed by atoms with Crippen molar-refractivity contribution < 1.29 is 4.79 Å². The van der Waals surface area contributed by atoms with Gasteiger partial charge in [0.2, 0.25) is 0 Å². The summed E-state index contributed by atoms with van der Waals surface area (Å²) in [6, 6.07) is 0. The lowest BCUT2D eigenvalue weighted by Gasteiger charge is -2.16. The third-order valence-electron chi connectivity index (χ3n) is 2.36. The second-order valence-electron chi connectivity index (χ2n) is 3.44. The Morgan fingerprint density at radius 1 is 1.50 bits per heavy atom. The van der Waals surface area contributed by atoms with E-state index in [2.05, 4.69) is 20.4 Å². The fourth-order valence-electron chi connectivity index (χ4n) is 1.35. The Kier molecular flexibility index (Phi) is 6.73. The van der Waals surface area contributed by atoms with E-state index >= 15 is 0 Å². The fraction of sp³-hybridized carbons (Fsp3) is 0.727. The minimum absolute atomic E-state index is 0.189. The first-order valence-electron chi connectivity index (χ1n) is 4.82. The highest BCUT2D eigenvalue weighted by atomic mass is 16.1. The van der Waals surface area contributed by atoms with Crippen molar-refractivity contribution in [3.8, 4) is 0 Å². The molecule has 2 atom stereocenters. The Morgan fingerprint density at radius 2 is 2.17 bits per heavy atom. The number of unbranched alkanes of at least 4 members (excludes halogenated alkanes) is 1. The molecule has 0 aliphatic heterocycles. The average molecular weight is 168 g/mol. The van der Waals surface area contributed by atoms with Gasteiger partial charge in [0.15, 0.2) is 0 Å². The number of hydrogen-bond acceptors (Lipinski definition) is 1. The summed E-state index contributed by atoms with van der Waals surface area (Å²) in [6.45, 7) is 7.98. The highest BCUT2D eigenvalue weighted by Gasteiger charge is 2.13. The summed E-state index contributed by atoms with van der Waals surface area (Å²) in [4.78, 5) is 10.7. The van der Waals surface area contributed by atoms with Gasteiger partial charge in [-0.3, -0.25) is 0 Å². The van der Waals surface area contributed by atoms with E-state index in [-0.39, 0.29) is 5.92 Å². The maximum atomic E-state index is 10.7. The summed E-state index contributed by atoms with van der Waals surface area (Å²) in [6.07, 6.45) is 7.33. The minimum Gasteiger partial charge on any atom is -0.303 e. The van der Waals surface area contributed by atoms with Crippen molar-refractivity contribution in [2.75, 3.05) is 0 Å². The number of rotatable bonds is 7. The standard InChI is InChI=1S/C11H20O/c1-4-6-8-10(3)11(9-12)7-5-2/h5,9-11H,2,4,6-8H2,1,3H3. The van der Waals surface area contributed by atoms with Crippen molar-refractivity contribution in [3.63, 3.8) is 0 Å². The predicted molar refractivity (Wildman–Crippen MR) is 53.1 cm³/mol. The molecule has 0 aromatic carbocycles. The maximum Gasteiger partial charge on any atom is 0.123 e. The molecule has 0 aliphatic carbocycles. The first-order chi connectivity index (χ1) is 5.76. The molecule has 0 N–H and O–H groups in total. The SMILES string of the molecule is C=CCC(C=O)C(C)CCCC. The van der Waals surface area contributed by atoms with Crippen LogP contribution in [0, 0.1) is 11.8 Å². The molecular weight excluding hydrogens is 148 g/mol. The Morgan fingerprint density at radius 3 is 2.58 bits per heavy atom. The number of carbonyl (C=O) groups excluding carboxylic acids is 1. The summed E-state index contributed by atoms with van der Waals surface area (Å²) in [5.74, 6) is 0.703. The van der Waals surface area contributed by atoms with Crippen LogP contribution in [0.4, 0.5) is 0 Å². The molecule has 0 spiro atoms. The van der Waals surface area contributed by atoms with Gasteiger partial charge < -0.3 is 4.79 Å². The smallest absolute Gasteiger partial charge is 0.123 e. The van der Waals surface area contributed by atoms with E-state index in [0.717, 1.165) is 19.1 Å². The van der Waals surface area contributed by atoms with Gasteiger partial charge in [-0.15, -0.1) is 6.58 Å². The molecule has 1 heteroatoms. The van der Waals surface area contributed by atoms with Crippen LogP contribution in [0.5, 0.6) is 0 Å². The maximum absolute atomic E-state index is 10.7. The van der Waals surface area contributed by atoms with Crippen LogP contribution in [0.2, 0.25) is 0 Å². The van der Waals surface area contributed by atoms with Crippen molar-refractivity contribution >= 4 is 6.29 Å². The molecule has 0 amide bonds. The van der Waals surface area contributed by atoms with Gasteiger partial charge in [0.05, 0.1) is 0 Å². The third-order valence-corrected chi connectivity index (χ3v) is 2.36. The zero-order valence-electron chi connectivity index (χ0n) is 8.25. The van der Waals surface area contributed by atoms with Crippen LogP contribution in [-0.2, 0) is 4.79 Å². The number of hydrogen-bond donors (Lipinski definition) is 0. The molecule has 0 aromatic heterocycles. The molecule has 0 fully saturated rings. The molecule has 0 aromatic rings. The van der Waals surface area contributed by atoms with Gasteiger partial charge >= 0.3 is 0 Å². The van der Waals surface area contributed by atoms with E-state index in [0.29, 0.717) is 5.92 Å². The monoisotopic (exact) mass is 168 g/mol. The van der Waals surface area contributed by atoms with Gasteiger partial charge in [0, 0.05) is 5.92 Å². The van der Waals surface area contributed by atoms with E-state index in [1.165, 1.54) is 12.8 Å². The molecule has 2 unspecified atom stereocenters. The lowest BCUT2D eigenvalue weighted by Crippen LogP contribution is -2.12. The Labute approximate surface area is 75.9 Å². The van der Waals surface area contributed by atoms with Gasteiger partial charge in [-0.1, -0.05) is 39.2 Å². The topological polar surface area (TPSA) is 17.1 Å². The zero-order chi connectivity index (χ0) is 9.40. The molecule has 0 saturated heterocycles. The summed E-state index contributed by atoms with van der Waals surface area (Å²) in [7, 11) is 0. The van der Waals surface area contributed by atoms with E-state index in [1.807, 2.05) is 6.08 Å². The molecule has 0 aliphatic rings. The van der Waals surface area contributed by atoms with Crippen LogP contribution in [0.25, 0.3) is 0 Å². The molecular formula is C11H20O. The van der Waals surface area contributed by atoms with Gasteiger partial charge in [-0.2, -0.15) is 0 Å². The predicted octanol–water partition coefficient (Wildman–Crippen LogP) is 3.20. The highest BCUT2D eigenvalue weighted by molar-refractivity contribution is 5.54. The highest BCUT2D eigenvalue weighted by Crippen LogP contribution is 2.19. The van der Waals surface area contributed by atoms with Crippen LogP contribution < -0.4 is 0 Å². The first-order valence-corrected chi connectivity index (χ1v) is 4.82. The molecule has 0 saturated carbocycles. The van der Waals surface area contributed by atoms with Gasteiger partial charge in [-0.25, -0.2) is 0 Å². The number of aldehydes is 1. The second-order valence-corrected chi connectivity index (χ2v) is 3.44. The average Bonchev–Trinajstić information content (AvgIpc) is 2.10. The van der Waals surface area contributed by atoms with Gasteiger partial charge in [0.1, 0.15) is 6.29 Å². The summed E-state index contributed by atoms with van der Waals surface area (Å²) in [5, 5.41) is 0. The van der Waals surface area contributed by atoms with Crippen molar-refractivity contribution in [2.45, 2.75) is 39.5 Å². The molecule has 12 heavy (non-hydrogen) atoms. The zero-order valence-corrected chi connectivity index (χ0v) is 8.25. The third kappa shape index (κ3) is 4.32. The van der Waals surface area contributed by atoms with Crippen LogP contribution in [0.15, 0.2) is 12.7 Å². The molecule has 0 bridgehead atoms. The van der Waals surface area contributed by atoms with Crippen LogP contribution in [0.3, 0.4) is 0 Å². The number of carbonyl (C=O) groups is 1. The molecule has 0 heterocycles. The molecule has 0 rings (SSSR count). The van der Waals surface area contributed by atoms with Crippen molar-refractivity contribution in [1.29, 1.82) is 0 Å². The summed E-state index contributed by atoms with van der Waals surface area (Å²) in [5.41, 5.74) is 0. The number of allylic oxidation sites excluding steroid dienone is 1. The molecule has 70 valence electrons.